The molecule has 59 heavy (non-hydrogen) atoms. The third kappa shape index (κ3) is 8.34. The van der Waals surface area contributed by atoms with Gasteiger partial charge in [0.15, 0.2) is 0 Å². The SMILES string of the molecule is [2H]C([2H])([2H])c1ccc(-c2ccnc(-c3[c-]c(-c4cccc5c4nc(-c4ccccc4O)n5-c4ccc(-c5cc(C([2H])(C)C)cc(C([2H])(C)C)c5)cc4C([2H])([2H])[2H])cc(C(C)(C)C)c3)c2)cc1.[Pt]. The van der Waals surface area contributed by atoms with E-state index in [-0.39, 0.29) is 43.4 Å². The van der Waals surface area contributed by atoms with Crippen LogP contribution < -0.4 is 0 Å². The van der Waals surface area contributed by atoms with E-state index in [1.807, 2.05) is 54.6 Å². The Morgan fingerprint density at radius 2 is 1.36 bits per heavy atom. The van der Waals surface area contributed by atoms with Crippen LogP contribution in [0.1, 0.15) is 99.0 Å². The van der Waals surface area contributed by atoms with Crippen LogP contribution >= 0.6 is 0 Å². The summed E-state index contributed by atoms with van der Waals surface area (Å²) in [4.78, 5) is 10.0. The molecule has 8 rings (SSSR count). The molecule has 0 aliphatic heterocycles. The van der Waals surface area contributed by atoms with Gasteiger partial charge in [-0.3, -0.25) is 9.55 Å². The molecule has 0 amide bonds. The smallest absolute Gasteiger partial charge is 0.148 e. The molecule has 300 valence electrons. The van der Waals surface area contributed by atoms with Crippen LogP contribution in [0.4, 0.5) is 0 Å². The van der Waals surface area contributed by atoms with Crippen LogP contribution in [0.3, 0.4) is 0 Å². The Hall–Kier alpha value is -5.57. The molecular weight excluding hydrogens is 902 g/mol. The van der Waals surface area contributed by atoms with Crippen molar-refractivity contribution in [2.45, 2.75) is 79.4 Å². The zero-order chi connectivity index (χ0) is 47.7. The number of hydrogen-bond acceptors (Lipinski definition) is 3. The maximum absolute atomic E-state index is 11.4. The molecule has 4 nitrogen and oxygen atoms in total. The Bertz CT molecular complexity index is 3100. The molecule has 0 fully saturated rings. The second-order valence-electron chi connectivity index (χ2n) is 16.4. The number of phenols is 1. The molecule has 2 aromatic heterocycles. The van der Waals surface area contributed by atoms with Crippen molar-refractivity contribution in [1.29, 1.82) is 0 Å². The number of aromatic hydroxyl groups is 1. The summed E-state index contributed by atoms with van der Waals surface area (Å²) in [6.45, 7) is 8.78. The fourth-order valence-corrected chi connectivity index (χ4v) is 7.39. The number of imidazole rings is 1. The van der Waals surface area contributed by atoms with Gasteiger partial charge in [-0.1, -0.05) is 144 Å². The number of hydrogen-bond donors (Lipinski definition) is 1. The first-order chi connectivity index (χ1) is 30.8. The van der Waals surface area contributed by atoms with Crippen molar-refractivity contribution in [1.82, 2.24) is 14.5 Å². The molecule has 8 aromatic rings. The largest absolute Gasteiger partial charge is 0.507 e. The summed E-state index contributed by atoms with van der Waals surface area (Å²) in [5, 5.41) is 11.4. The van der Waals surface area contributed by atoms with Crippen LogP contribution in [0.25, 0.3) is 72.7 Å². The minimum absolute atomic E-state index is 0. The Balaban J connectivity index is 0.00000666. The average molecular weight is 962 g/mol. The number of aryl methyl sites for hydroxylation is 2. The summed E-state index contributed by atoms with van der Waals surface area (Å²) < 4.78 is 69.6. The van der Waals surface area contributed by atoms with Crippen molar-refractivity contribution in [3.8, 4) is 67.5 Å². The van der Waals surface area contributed by atoms with Crippen LogP contribution in [-0.2, 0) is 26.5 Å². The van der Waals surface area contributed by atoms with Crippen LogP contribution in [0.5, 0.6) is 5.75 Å². The van der Waals surface area contributed by atoms with E-state index in [0.717, 1.165) is 33.4 Å². The average Bonchev–Trinajstić information content (AvgIpc) is 3.64. The fourth-order valence-electron chi connectivity index (χ4n) is 7.39. The topological polar surface area (TPSA) is 50.9 Å². The van der Waals surface area contributed by atoms with Gasteiger partial charge in [0.2, 0.25) is 0 Å². The summed E-state index contributed by atoms with van der Waals surface area (Å²) in [5.41, 5.74) is 10.4. The molecule has 0 radical (unpaired) electrons. The molecule has 0 unspecified atom stereocenters. The number of aromatic nitrogens is 3. The summed E-state index contributed by atoms with van der Waals surface area (Å²) in [6, 6.07) is 42.2. The molecule has 0 bridgehead atoms. The molecule has 6 aromatic carbocycles. The number of phenolic OH excluding ortho intramolecular Hbond substituents is 1. The van der Waals surface area contributed by atoms with Crippen LogP contribution in [0.2, 0.25) is 0 Å². The predicted molar refractivity (Wildman–Crippen MR) is 243 cm³/mol. The molecule has 1 N–H and O–H groups in total. The first-order valence-corrected chi connectivity index (χ1v) is 19.5. The molecule has 0 saturated carbocycles. The third-order valence-corrected chi connectivity index (χ3v) is 10.8. The van der Waals surface area contributed by atoms with Crippen molar-refractivity contribution in [2.24, 2.45) is 0 Å². The van der Waals surface area contributed by atoms with Gasteiger partial charge in [0, 0.05) is 43.9 Å². The first-order valence-electron chi connectivity index (χ1n) is 23.5. The number of benzene rings is 6. The van der Waals surface area contributed by atoms with E-state index in [1.54, 1.807) is 99.1 Å². The van der Waals surface area contributed by atoms with Crippen molar-refractivity contribution in [3.05, 3.63) is 167 Å². The maximum atomic E-state index is 11.4. The Morgan fingerprint density at radius 1 is 0.678 bits per heavy atom. The molecule has 5 heteroatoms. The van der Waals surface area contributed by atoms with Gasteiger partial charge < -0.3 is 5.11 Å². The number of nitrogens with zero attached hydrogens (tertiary/aromatic N) is 3. The quantitative estimate of drug-likeness (QED) is 0.154. The minimum atomic E-state index is -2.60. The molecule has 0 aliphatic carbocycles. The van der Waals surface area contributed by atoms with Gasteiger partial charge in [0.05, 0.1) is 22.3 Å². The van der Waals surface area contributed by atoms with E-state index < -0.39 is 25.5 Å². The zero-order valence-corrected chi connectivity index (χ0v) is 36.6. The number of fused-ring (bicyclic) bond motifs is 1. The van der Waals surface area contributed by atoms with Gasteiger partial charge in [-0.2, -0.15) is 0 Å². The molecule has 0 aliphatic rings. The van der Waals surface area contributed by atoms with Gasteiger partial charge in [0.25, 0.3) is 0 Å². The van der Waals surface area contributed by atoms with Crippen molar-refractivity contribution in [2.75, 3.05) is 0 Å². The second kappa shape index (κ2) is 16.6. The summed E-state index contributed by atoms with van der Waals surface area (Å²) in [5.74, 6) is -1.61. The van der Waals surface area contributed by atoms with E-state index in [2.05, 4.69) is 39.0 Å². The predicted octanol–water partition coefficient (Wildman–Crippen LogP) is 14.4. The molecular formula is C54H52N3OPt-. The summed E-state index contributed by atoms with van der Waals surface area (Å²) in [7, 11) is 0. The van der Waals surface area contributed by atoms with E-state index in [9.17, 15) is 5.11 Å². The van der Waals surface area contributed by atoms with Crippen molar-refractivity contribution < 1.29 is 37.1 Å². The Kier molecular flexibility index (Phi) is 9.08. The second-order valence-corrected chi connectivity index (χ2v) is 16.4. The van der Waals surface area contributed by atoms with Gasteiger partial charge in [-0.25, -0.2) is 4.98 Å². The van der Waals surface area contributed by atoms with Gasteiger partial charge in [-0.15, -0.1) is 29.3 Å². The van der Waals surface area contributed by atoms with Crippen LogP contribution in [-0.4, -0.2) is 19.6 Å². The van der Waals surface area contributed by atoms with E-state index >= 15 is 0 Å². The number of pyridine rings is 1. The molecule has 0 atom stereocenters. The maximum Gasteiger partial charge on any atom is 0.148 e. The zero-order valence-electron chi connectivity index (χ0n) is 42.3. The van der Waals surface area contributed by atoms with Gasteiger partial charge in [0.1, 0.15) is 11.6 Å². The standard InChI is InChI=1S/C54H52N3O.Pt/c1-33(2)40-26-41(34(3)4)28-42(27-40)38-21-22-49(36(6)25-38)57-50-15-12-14-46(52(50)56-53(57)47-13-10-11-16-51(47)58)43-29-44(31-45(30-43)54(7,8)9)48-32-39(23-24-55-48)37-19-17-35(5)18-20-37;/h10-28,30-34,58H,1-9H3;/q-1;/i5D3,6D3,33D,34D;. The first kappa shape index (κ1) is 32.3. The Labute approximate surface area is 375 Å². The monoisotopic (exact) mass is 961 g/mol. The van der Waals surface area contributed by atoms with Gasteiger partial charge in [-0.05, 0) is 106 Å². The molecule has 0 spiro atoms. The molecule has 0 saturated heterocycles. The Morgan fingerprint density at radius 3 is 2.03 bits per heavy atom. The van der Waals surface area contributed by atoms with Crippen LogP contribution in [0.15, 0.2) is 134 Å². The van der Waals surface area contributed by atoms with Crippen molar-refractivity contribution >= 4 is 11.0 Å². The minimum Gasteiger partial charge on any atom is -0.507 e. The van der Waals surface area contributed by atoms with E-state index in [0.29, 0.717) is 56.1 Å². The van der Waals surface area contributed by atoms with E-state index in [4.69, 9.17) is 20.9 Å². The third-order valence-electron chi connectivity index (χ3n) is 10.8. The van der Waals surface area contributed by atoms with Crippen molar-refractivity contribution in [3.63, 3.8) is 0 Å². The fraction of sp³-hybridized carbons (Fsp3) is 0.222. The molecule has 2 heterocycles. The normalized spacial score (nSPS) is 14.5. The summed E-state index contributed by atoms with van der Waals surface area (Å²) in [6.07, 6.45) is 1.73. The number of rotatable bonds is 8. The number of para-hydroxylation sites is 2. The van der Waals surface area contributed by atoms with E-state index in [1.165, 1.54) is 0 Å². The van der Waals surface area contributed by atoms with Gasteiger partial charge >= 0.3 is 0 Å². The van der Waals surface area contributed by atoms with Crippen LogP contribution in [0, 0.1) is 19.8 Å². The summed E-state index contributed by atoms with van der Waals surface area (Å²) >= 11 is 0.